The van der Waals surface area contributed by atoms with Crippen LogP contribution in [0.15, 0.2) is 83.8 Å². The molecular weight excluding hydrogens is 528 g/mol. The van der Waals surface area contributed by atoms with Crippen LogP contribution < -0.4 is 14.8 Å². The first-order valence-corrected chi connectivity index (χ1v) is 15.1. The fourth-order valence-corrected chi connectivity index (χ4v) is 5.43. The molecule has 1 unspecified atom stereocenters. The molecule has 7 heteroatoms. The van der Waals surface area contributed by atoms with Crippen molar-refractivity contribution < 1.29 is 9.47 Å². The molecule has 3 aromatic carbocycles. The average Bonchev–Trinajstić information content (AvgIpc) is 2.95. The van der Waals surface area contributed by atoms with Crippen molar-refractivity contribution in [2.45, 2.75) is 58.6 Å². The summed E-state index contributed by atoms with van der Waals surface area (Å²) < 4.78 is 15.6. The lowest BCUT2D eigenvalue weighted by molar-refractivity contribution is 0.117. The Morgan fingerprint density at radius 2 is 1.61 bits per heavy atom. The van der Waals surface area contributed by atoms with Gasteiger partial charge in [-0.2, -0.15) is 4.98 Å². The number of ether oxygens (including phenoxy) is 2. The number of nitrogens with one attached hydrogen (secondary N) is 2. The van der Waals surface area contributed by atoms with Crippen molar-refractivity contribution in [3.05, 3.63) is 101 Å². The quantitative estimate of drug-likeness (QED) is 0.112. The minimum Gasteiger partial charge on any atom is -0.476 e. The van der Waals surface area contributed by atoms with Gasteiger partial charge in [0.2, 0.25) is 11.8 Å². The smallest absolute Gasteiger partial charge is 0.237 e. The van der Waals surface area contributed by atoms with Crippen LogP contribution in [0, 0.1) is 26.7 Å². The Balaban J connectivity index is 1.44. The Labute approximate surface area is 249 Å². The number of hydrogen-bond donors (Lipinski definition) is 2. The van der Waals surface area contributed by atoms with Crippen LogP contribution in [-0.4, -0.2) is 35.8 Å². The van der Waals surface area contributed by atoms with Crippen molar-refractivity contribution in [1.82, 2.24) is 15.3 Å². The Morgan fingerprint density at radius 3 is 2.34 bits per heavy atom. The summed E-state index contributed by atoms with van der Waals surface area (Å²) in [7, 11) is 0. The zero-order chi connectivity index (χ0) is 29.0. The number of aryl methyl sites for hydroxylation is 3. The van der Waals surface area contributed by atoms with Crippen LogP contribution in [0.4, 0.5) is 5.95 Å². The van der Waals surface area contributed by atoms with Crippen molar-refractivity contribution >= 4 is 17.9 Å². The molecule has 6 nitrogen and oxygen atoms in total. The van der Waals surface area contributed by atoms with E-state index in [-0.39, 0.29) is 6.04 Å². The van der Waals surface area contributed by atoms with E-state index in [2.05, 4.69) is 99.3 Å². The zero-order valence-electron chi connectivity index (χ0n) is 24.8. The van der Waals surface area contributed by atoms with Gasteiger partial charge in [-0.15, -0.1) is 0 Å². The Hall–Kier alpha value is -3.39. The third kappa shape index (κ3) is 9.88. The van der Waals surface area contributed by atoms with Crippen molar-refractivity contribution in [1.29, 1.82) is 0 Å². The van der Waals surface area contributed by atoms with Crippen molar-refractivity contribution in [3.63, 3.8) is 0 Å². The molecule has 4 aromatic rings. The van der Waals surface area contributed by atoms with Crippen molar-refractivity contribution in [2.75, 3.05) is 24.5 Å². The Kier molecular flexibility index (Phi) is 11.6. The summed E-state index contributed by atoms with van der Waals surface area (Å²) in [6.45, 7) is 13.3. The van der Waals surface area contributed by atoms with Crippen LogP contribution in [-0.2, 0) is 11.3 Å². The van der Waals surface area contributed by atoms with E-state index in [4.69, 9.17) is 19.4 Å². The maximum atomic E-state index is 6.35. The molecule has 0 saturated carbocycles. The van der Waals surface area contributed by atoms with Crippen LogP contribution in [0.5, 0.6) is 5.88 Å². The minimum absolute atomic E-state index is 0.173. The lowest BCUT2D eigenvalue weighted by atomic mass is 10.00. The molecule has 1 heterocycles. The van der Waals surface area contributed by atoms with Crippen LogP contribution in [0.25, 0.3) is 11.3 Å². The van der Waals surface area contributed by atoms with Gasteiger partial charge < -0.3 is 14.8 Å². The van der Waals surface area contributed by atoms with E-state index >= 15 is 0 Å². The highest BCUT2D eigenvalue weighted by atomic mass is 32.2. The molecule has 0 aliphatic rings. The number of aromatic nitrogens is 2. The molecule has 0 bridgehead atoms. The topological polar surface area (TPSA) is 68.3 Å². The van der Waals surface area contributed by atoms with E-state index in [9.17, 15) is 0 Å². The van der Waals surface area contributed by atoms with E-state index in [1.807, 2.05) is 24.3 Å². The van der Waals surface area contributed by atoms with Gasteiger partial charge in [0.1, 0.15) is 6.61 Å². The van der Waals surface area contributed by atoms with E-state index in [0.717, 1.165) is 29.1 Å². The van der Waals surface area contributed by atoms with E-state index < -0.39 is 0 Å². The number of benzene rings is 3. The van der Waals surface area contributed by atoms with Gasteiger partial charge in [0, 0.05) is 29.1 Å². The van der Waals surface area contributed by atoms with Crippen LogP contribution in [0.3, 0.4) is 0 Å². The maximum Gasteiger partial charge on any atom is 0.237 e. The molecule has 2 N–H and O–H groups in total. The highest BCUT2D eigenvalue weighted by Gasteiger charge is 2.16. The van der Waals surface area contributed by atoms with Crippen molar-refractivity contribution in [2.24, 2.45) is 5.92 Å². The summed E-state index contributed by atoms with van der Waals surface area (Å²) in [5.41, 5.74) is 6.68. The lowest BCUT2D eigenvalue weighted by Gasteiger charge is -2.21. The molecule has 216 valence electrons. The first-order valence-electron chi connectivity index (χ1n) is 14.3. The van der Waals surface area contributed by atoms with E-state index in [0.29, 0.717) is 37.6 Å². The summed E-state index contributed by atoms with van der Waals surface area (Å²) in [4.78, 5) is 10.7. The SMILES string of the molecule is Cc1cccc(SNc2nc(OCC(CC(C)C)NCCOCc3ccccc3)cc(-c3c(C)cccc3C)n2)c1. The number of hydrogen-bond acceptors (Lipinski definition) is 7. The van der Waals surface area contributed by atoms with Gasteiger partial charge in [-0.05, 0) is 79.4 Å². The Bertz CT molecular complexity index is 1360. The van der Waals surface area contributed by atoms with Gasteiger partial charge in [-0.25, -0.2) is 4.98 Å². The highest BCUT2D eigenvalue weighted by molar-refractivity contribution is 8.00. The lowest BCUT2D eigenvalue weighted by Crippen LogP contribution is -2.38. The Morgan fingerprint density at radius 1 is 0.854 bits per heavy atom. The third-order valence-corrected chi connectivity index (χ3v) is 7.44. The minimum atomic E-state index is 0.173. The van der Waals surface area contributed by atoms with Gasteiger partial charge in [-0.3, -0.25) is 4.72 Å². The number of nitrogens with zero attached hydrogens (tertiary/aromatic N) is 2. The first-order chi connectivity index (χ1) is 19.9. The fourth-order valence-electron chi connectivity index (χ4n) is 4.74. The van der Waals surface area contributed by atoms with Crippen molar-refractivity contribution in [3.8, 4) is 17.1 Å². The molecule has 0 aliphatic carbocycles. The van der Waals surface area contributed by atoms with Gasteiger partial charge in [0.05, 0.1) is 18.9 Å². The maximum absolute atomic E-state index is 6.35. The first kappa shape index (κ1) is 30.6. The summed E-state index contributed by atoms with van der Waals surface area (Å²) >= 11 is 1.50. The molecule has 1 atom stereocenters. The van der Waals surface area contributed by atoms with Crippen LogP contribution >= 0.6 is 11.9 Å². The molecular formula is C34H42N4O2S. The molecule has 4 rings (SSSR count). The summed E-state index contributed by atoms with van der Waals surface area (Å²) in [5, 5.41) is 3.63. The largest absolute Gasteiger partial charge is 0.476 e. The van der Waals surface area contributed by atoms with Gasteiger partial charge in [0.15, 0.2) is 0 Å². The number of anilines is 1. The second-order valence-corrected chi connectivity index (χ2v) is 11.7. The van der Waals surface area contributed by atoms with Gasteiger partial charge in [0.25, 0.3) is 0 Å². The molecule has 0 fully saturated rings. The number of rotatable bonds is 15. The second kappa shape index (κ2) is 15.6. The molecule has 1 aromatic heterocycles. The predicted octanol–water partition coefficient (Wildman–Crippen LogP) is 7.79. The average molecular weight is 571 g/mol. The molecule has 0 spiro atoms. The summed E-state index contributed by atoms with van der Waals surface area (Å²) in [6.07, 6.45) is 0.988. The molecule has 41 heavy (non-hydrogen) atoms. The third-order valence-electron chi connectivity index (χ3n) is 6.67. The van der Waals surface area contributed by atoms with Crippen LogP contribution in [0.1, 0.15) is 42.5 Å². The van der Waals surface area contributed by atoms with Gasteiger partial charge >= 0.3 is 0 Å². The predicted molar refractivity (Wildman–Crippen MR) is 170 cm³/mol. The summed E-state index contributed by atoms with van der Waals surface area (Å²) in [5.74, 6) is 1.61. The normalized spacial score (nSPS) is 12.0. The molecule has 0 saturated heterocycles. The fraction of sp³-hybridized carbons (Fsp3) is 0.353. The van der Waals surface area contributed by atoms with Gasteiger partial charge in [-0.1, -0.05) is 74.5 Å². The monoisotopic (exact) mass is 570 g/mol. The second-order valence-electron chi connectivity index (χ2n) is 10.8. The molecule has 0 amide bonds. The van der Waals surface area contributed by atoms with Crippen LogP contribution in [0.2, 0.25) is 0 Å². The zero-order valence-corrected chi connectivity index (χ0v) is 25.6. The van der Waals surface area contributed by atoms with E-state index in [1.165, 1.54) is 34.2 Å². The molecule has 0 radical (unpaired) electrons. The van der Waals surface area contributed by atoms with E-state index in [1.54, 1.807) is 0 Å². The standard InChI is InChI=1S/C34H42N4O2S/c1-24(2)19-29(35-17-18-39-22-28-14-7-6-8-15-28)23-40-32-21-31(33-26(4)12-10-13-27(33)5)36-34(37-32)38-41-30-16-9-11-25(3)20-30/h6-16,20-21,24,29,35H,17-19,22-23H2,1-5H3,(H,36,37,38). The summed E-state index contributed by atoms with van der Waals surface area (Å²) in [6, 6.07) is 27.0. The molecule has 0 aliphatic heterocycles. The highest BCUT2D eigenvalue weighted by Crippen LogP contribution is 2.30.